The first-order chi connectivity index (χ1) is 16.9. The molecule has 7 nitrogen and oxygen atoms in total. The molecule has 0 saturated heterocycles. The van der Waals surface area contributed by atoms with E-state index in [1.807, 2.05) is 68.4 Å². The zero-order chi connectivity index (χ0) is 25.0. The van der Waals surface area contributed by atoms with Crippen LogP contribution in [0.4, 0.5) is 5.69 Å². The number of amides is 2. The van der Waals surface area contributed by atoms with Gasteiger partial charge in [-0.15, -0.1) is 0 Å². The molecule has 0 unspecified atom stereocenters. The number of nitrogens with zero attached hydrogens (tertiary/aromatic N) is 2. The Hall–Kier alpha value is -3.39. The molecule has 4 rings (SSSR count). The highest BCUT2D eigenvalue weighted by molar-refractivity contribution is 7.93. The lowest BCUT2D eigenvalue weighted by molar-refractivity contribution is -0.141. The van der Waals surface area contributed by atoms with E-state index in [1.165, 1.54) is 4.31 Å². The summed E-state index contributed by atoms with van der Waals surface area (Å²) in [7, 11) is -3.66. The average Bonchev–Trinajstić information content (AvgIpc) is 3.08. The summed E-state index contributed by atoms with van der Waals surface area (Å²) in [6.07, 6.45) is 0.975. The summed E-state index contributed by atoms with van der Waals surface area (Å²) in [5.74, 6) is -0.345. The number of benzene rings is 3. The second-order valence-corrected chi connectivity index (χ2v) is 10.5. The molecule has 0 aromatic heterocycles. The highest BCUT2D eigenvalue weighted by Gasteiger charge is 2.35. The first kappa shape index (κ1) is 24.7. The van der Waals surface area contributed by atoms with Gasteiger partial charge in [0.2, 0.25) is 11.8 Å². The molecule has 1 aliphatic rings. The zero-order valence-electron chi connectivity index (χ0n) is 20.1. The van der Waals surface area contributed by atoms with Gasteiger partial charge in [-0.25, -0.2) is 8.42 Å². The van der Waals surface area contributed by atoms with Gasteiger partial charge in [-0.2, -0.15) is 0 Å². The first-order valence-electron chi connectivity index (χ1n) is 12.0. The van der Waals surface area contributed by atoms with Crippen LogP contribution in [0.15, 0.2) is 71.6 Å². The van der Waals surface area contributed by atoms with Gasteiger partial charge >= 0.3 is 0 Å². The van der Waals surface area contributed by atoms with E-state index in [4.69, 9.17) is 0 Å². The van der Waals surface area contributed by atoms with Crippen molar-refractivity contribution in [3.05, 3.63) is 72.3 Å². The highest BCUT2D eigenvalue weighted by Crippen LogP contribution is 2.42. The van der Waals surface area contributed by atoms with Crippen molar-refractivity contribution in [3.8, 4) is 0 Å². The fourth-order valence-electron chi connectivity index (χ4n) is 4.71. The molecule has 0 radical (unpaired) electrons. The molecule has 0 bridgehead atoms. The van der Waals surface area contributed by atoms with Gasteiger partial charge in [0, 0.05) is 31.4 Å². The number of hydrogen-bond donors (Lipinski definition) is 1. The number of nitrogens with one attached hydrogen (secondary N) is 1. The molecule has 0 saturated carbocycles. The topological polar surface area (TPSA) is 86.8 Å². The number of likely N-dealkylation sites (N-methyl/N-ethyl adjacent to an activating group) is 1. The van der Waals surface area contributed by atoms with Crippen LogP contribution in [0.25, 0.3) is 10.8 Å². The summed E-state index contributed by atoms with van der Waals surface area (Å²) in [6, 6.07) is 19.8. The van der Waals surface area contributed by atoms with Gasteiger partial charge in [0.05, 0.1) is 10.6 Å². The van der Waals surface area contributed by atoms with E-state index in [9.17, 15) is 18.0 Å². The van der Waals surface area contributed by atoms with Crippen molar-refractivity contribution in [2.24, 2.45) is 0 Å². The Morgan fingerprint density at radius 3 is 2.37 bits per heavy atom. The Bertz CT molecular complexity index is 1320. The molecule has 0 aliphatic carbocycles. The maximum Gasteiger partial charge on any atom is 0.265 e. The number of carbonyl (C=O) groups is 2. The molecule has 1 aliphatic heterocycles. The standard InChI is InChI=1S/C27H31N3O4S/c1-3-22(27(32)28-4-2)29(19-20-11-6-5-7-12-20)25(31)17-10-18-30-23-15-8-13-21-14-9-16-24(26(21)23)35(30,33)34/h5-9,11-16,22H,3-4,10,17-19H2,1-2H3,(H,28,32)/t22-/m1/s1. The Morgan fingerprint density at radius 2 is 1.69 bits per heavy atom. The second kappa shape index (κ2) is 10.5. The fraction of sp³-hybridized carbons (Fsp3) is 0.333. The Labute approximate surface area is 206 Å². The van der Waals surface area contributed by atoms with E-state index in [2.05, 4.69) is 5.32 Å². The third-order valence-electron chi connectivity index (χ3n) is 6.37. The van der Waals surface area contributed by atoms with Gasteiger partial charge in [-0.3, -0.25) is 13.9 Å². The van der Waals surface area contributed by atoms with Gasteiger partial charge < -0.3 is 10.2 Å². The maximum atomic E-state index is 13.4. The Balaban J connectivity index is 1.51. The number of anilines is 1. The van der Waals surface area contributed by atoms with Gasteiger partial charge in [-0.05, 0) is 42.8 Å². The van der Waals surface area contributed by atoms with Crippen molar-refractivity contribution < 1.29 is 18.0 Å². The van der Waals surface area contributed by atoms with Crippen LogP contribution in [0.2, 0.25) is 0 Å². The predicted octanol–water partition coefficient (Wildman–Crippen LogP) is 4.07. The lowest BCUT2D eigenvalue weighted by Gasteiger charge is -2.31. The van der Waals surface area contributed by atoms with E-state index in [-0.39, 0.29) is 24.8 Å². The SMILES string of the molecule is CCNC(=O)[C@@H](CC)N(Cc1ccccc1)C(=O)CCCN1c2cccc3cccc(c23)S1(=O)=O. The van der Waals surface area contributed by atoms with Crippen LogP contribution in [0.3, 0.4) is 0 Å². The molecule has 1 heterocycles. The molecule has 0 spiro atoms. The third-order valence-corrected chi connectivity index (χ3v) is 8.22. The number of rotatable bonds is 10. The van der Waals surface area contributed by atoms with Crippen molar-refractivity contribution >= 4 is 38.3 Å². The molecule has 184 valence electrons. The summed E-state index contributed by atoms with van der Waals surface area (Å²) in [4.78, 5) is 28.0. The average molecular weight is 494 g/mol. The number of sulfonamides is 1. The van der Waals surface area contributed by atoms with E-state index >= 15 is 0 Å². The molecule has 0 fully saturated rings. The van der Waals surface area contributed by atoms with Crippen LogP contribution >= 0.6 is 0 Å². The summed E-state index contributed by atoms with van der Waals surface area (Å²) in [6.45, 7) is 4.74. The minimum atomic E-state index is -3.66. The lowest BCUT2D eigenvalue weighted by Crippen LogP contribution is -2.49. The van der Waals surface area contributed by atoms with Crippen molar-refractivity contribution in [3.63, 3.8) is 0 Å². The van der Waals surface area contributed by atoms with Gasteiger partial charge in [0.1, 0.15) is 6.04 Å². The minimum absolute atomic E-state index is 0.140. The molecule has 8 heteroatoms. The third kappa shape index (κ3) is 4.89. The lowest BCUT2D eigenvalue weighted by atomic mass is 10.1. The Morgan fingerprint density at radius 1 is 0.971 bits per heavy atom. The molecule has 1 N–H and O–H groups in total. The van der Waals surface area contributed by atoms with E-state index < -0.39 is 16.1 Å². The zero-order valence-corrected chi connectivity index (χ0v) is 20.9. The number of carbonyl (C=O) groups excluding carboxylic acids is 2. The molecular weight excluding hydrogens is 462 g/mol. The van der Waals surface area contributed by atoms with E-state index in [1.54, 1.807) is 17.0 Å². The Kier molecular flexibility index (Phi) is 7.40. The van der Waals surface area contributed by atoms with Crippen LogP contribution in [0, 0.1) is 0 Å². The van der Waals surface area contributed by atoms with Gasteiger partial charge in [-0.1, -0.05) is 61.5 Å². The predicted molar refractivity (Wildman–Crippen MR) is 137 cm³/mol. The normalized spacial score (nSPS) is 14.6. The number of hydrogen-bond acceptors (Lipinski definition) is 4. The minimum Gasteiger partial charge on any atom is -0.355 e. The monoisotopic (exact) mass is 493 g/mol. The summed E-state index contributed by atoms with van der Waals surface area (Å²) in [5.41, 5.74) is 1.59. The van der Waals surface area contributed by atoms with Crippen molar-refractivity contribution in [1.82, 2.24) is 10.2 Å². The van der Waals surface area contributed by atoms with Gasteiger partial charge in [0.25, 0.3) is 10.0 Å². The van der Waals surface area contributed by atoms with Crippen LogP contribution in [0.1, 0.15) is 38.7 Å². The quantitative estimate of drug-likeness (QED) is 0.461. The molecule has 1 atom stereocenters. The largest absolute Gasteiger partial charge is 0.355 e. The van der Waals surface area contributed by atoms with Crippen molar-refractivity contribution in [2.45, 2.75) is 50.6 Å². The molecule has 3 aromatic carbocycles. The van der Waals surface area contributed by atoms with Crippen LogP contribution in [0.5, 0.6) is 0 Å². The van der Waals surface area contributed by atoms with Crippen LogP contribution in [-0.4, -0.2) is 44.3 Å². The summed E-state index contributed by atoms with van der Waals surface area (Å²) in [5, 5.41) is 4.44. The molecular formula is C27H31N3O4S. The second-order valence-electron chi connectivity index (χ2n) is 8.64. The molecule has 35 heavy (non-hydrogen) atoms. The maximum absolute atomic E-state index is 13.4. The molecule has 3 aromatic rings. The first-order valence-corrected chi connectivity index (χ1v) is 13.5. The summed E-state index contributed by atoms with van der Waals surface area (Å²) >= 11 is 0. The van der Waals surface area contributed by atoms with Crippen molar-refractivity contribution in [1.29, 1.82) is 0 Å². The van der Waals surface area contributed by atoms with E-state index in [0.717, 1.165) is 16.3 Å². The van der Waals surface area contributed by atoms with Crippen LogP contribution in [-0.2, 0) is 26.2 Å². The molecule has 2 amide bonds. The van der Waals surface area contributed by atoms with E-state index in [0.29, 0.717) is 36.5 Å². The van der Waals surface area contributed by atoms with Crippen LogP contribution < -0.4 is 9.62 Å². The smallest absolute Gasteiger partial charge is 0.265 e. The van der Waals surface area contributed by atoms with Crippen molar-refractivity contribution in [2.75, 3.05) is 17.4 Å². The van der Waals surface area contributed by atoms with Gasteiger partial charge in [0.15, 0.2) is 0 Å². The highest BCUT2D eigenvalue weighted by atomic mass is 32.2. The summed E-state index contributed by atoms with van der Waals surface area (Å²) < 4.78 is 27.8. The fourth-order valence-corrected chi connectivity index (χ4v) is 6.46.